The lowest BCUT2D eigenvalue weighted by Crippen LogP contribution is -2.29. The third kappa shape index (κ3) is 2.93. The van der Waals surface area contributed by atoms with E-state index in [0.717, 1.165) is 23.4 Å². The molecule has 18 heavy (non-hydrogen) atoms. The van der Waals surface area contributed by atoms with E-state index in [1.54, 1.807) is 0 Å². The van der Waals surface area contributed by atoms with Crippen molar-refractivity contribution < 1.29 is 0 Å². The van der Waals surface area contributed by atoms with Gasteiger partial charge in [-0.15, -0.1) is 5.10 Å². The van der Waals surface area contributed by atoms with Crippen molar-refractivity contribution in [3.05, 3.63) is 46.0 Å². The molecular weight excluding hydrogens is 244 g/mol. The van der Waals surface area contributed by atoms with Crippen LogP contribution in [0.3, 0.4) is 0 Å². The monoisotopic (exact) mass is 262 g/mol. The average Bonchev–Trinajstić information content (AvgIpc) is 2.86. The van der Waals surface area contributed by atoms with Crippen LogP contribution in [0.15, 0.2) is 24.3 Å². The smallest absolute Gasteiger partial charge is 0.0801 e. The number of hydrazine groups is 1. The van der Waals surface area contributed by atoms with Gasteiger partial charge in [-0.2, -0.15) is 0 Å². The van der Waals surface area contributed by atoms with Crippen molar-refractivity contribution in [3.8, 4) is 0 Å². The van der Waals surface area contributed by atoms with Gasteiger partial charge in [-0.1, -0.05) is 41.2 Å². The van der Waals surface area contributed by atoms with Crippen LogP contribution in [-0.4, -0.2) is 9.59 Å². The molecule has 1 atom stereocenters. The summed E-state index contributed by atoms with van der Waals surface area (Å²) in [5, 5.41) is 4.13. The molecule has 1 heterocycles. The van der Waals surface area contributed by atoms with Crippen molar-refractivity contribution >= 4 is 11.5 Å². The number of aryl methyl sites for hydroxylation is 2. The van der Waals surface area contributed by atoms with Gasteiger partial charge in [0.2, 0.25) is 0 Å². The molecule has 0 aliphatic rings. The summed E-state index contributed by atoms with van der Waals surface area (Å²) in [6.07, 6.45) is 1.74. The second-order valence-corrected chi connectivity index (χ2v) is 5.13. The number of nitrogens with one attached hydrogen (secondary N) is 1. The lowest BCUT2D eigenvalue weighted by Gasteiger charge is -2.14. The van der Waals surface area contributed by atoms with Crippen LogP contribution in [0.2, 0.25) is 0 Å². The largest absolute Gasteiger partial charge is 0.271 e. The lowest BCUT2D eigenvalue weighted by atomic mass is 10.0. The summed E-state index contributed by atoms with van der Waals surface area (Å²) in [6, 6.07) is 8.60. The standard InChI is InChI=1S/C13H18N4S/c1-3-11-13(18-17-16-11)12(15-14)8-10-6-4-9(2)5-7-10/h4-7,12,15H,3,8,14H2,1-2H3. The van der Waals surface area contributed by atoms with Gasteiger partial charge in [-0.3, -0.25) is 11.3 Å². The fourth-order valence-electron chi connectivity index (χ4n) is 1.91. The molecule has 96 valence electrons. The number of nitrogens with zero attached hydrogens (tertiary/aromatic N) is 2. The predicted molar refractivity (Wildman–Crippen MR) is 74.2 cm³/mol. The average molecular weight is 262 g/mol. The second kappa shape index (κ2) is 6.04. The lowest BCUT2D eigenvalue weighted by molar-refractivity contribution is 0.555. The van der Waals surface area contributed by atoms with E-state index in [-0.39, 0.29) is 6.04 Å². The highest BCUT2D eigenvalue weighted by atomic mass is 32.1. The van der Waals surface area contributed by atoms with Crippen molar-refractivity contribution in [2.75, 3.05) is 0 Å². The maximum Gasteiger partial charge on any atom is 0.0801 e. The van der Waals surface area contributed by atoms with Crippen LogP contribution in [0, 0.1) is 6.92 Å². The molecule has 1 unspecified atom stereocenters. The van der Waals surface area contributed by atoms with Gasteiger partial charge < -0.3 is 0 Å². The minimum Gasteiger partial charge on any atom is -0.271 e. The molecule has 0 saturated carbocycles. The highest BCUT2D eigenvalue weighted by Gasteiger charge is 2.17. The molecule has 5 heteroatoms. The first-order valence-electron chi connectivity index (χ1n) is 6.07. The molecule has 4 nitrogen and oxygen atoms in total. The van der Waals surface area contributed by atoms with E-state index in [2.05, 4.69) is 53.1 Å². The van der Waals surface area contributed by atoms with Gasteiger partial charge in [0.1, 0.15) is 0 Å². The Morgan fingerprint density at radius 1 is 1.33 bits per heavy atom. The molecule has 0 saturated heterocycles. The third-order valence-electron chi connectivity index (χ3n) is 3.00. The Labute approximate surface area is 111 Å². The molecular formula is C13H18N4S. The Bertz CT molecular complexity index is 492. The van der Waals surface area contributed by atoms with E-state index in [1.807, 2.05) is 0 Å². The van der Waals surface area contributed by atoms with Crippen LogP contribution in [0.1, 0.15) is 34.7 Å². The zero-order chi connectivity index (χ0) is 13.0. The minimum atomic E-state index is 0.0858. The number of aromatic nitrogens is 2. The number of hydrogen-bond donors (Lipinski definition) is 2. The van der Waals surface area contributed by atoms with E-state index >= 15 is 0 Å². The van der Waals surface area contributed by atoms with Crippen LogP contribution in [-0.2, 0) is 12.8 Å². The summed E-state index contributed by atoms with van der Waals surface area (Å²) in [5.41, 5.74) is 6.44. The zero-order valence-corrected chi connectivity index (χ0v) is 11.5. The Hall–Kier alpha value is -1.30. The Morgan fingerprint density at radius 3 is 2.67 bits per heavy atom. The second-order valence-electron chi connectivity index (χ2n) is 4.35. The molecule has 0 fully saturated rings. The first-order valence-corrected chi connectivity index (χ1v) is 6.84. The van der Waals surface area contributed by atoms with Crippen molar-refractivity contribution in [1.29, 1.82) is 0 Å². The first-order chi connectivity index (χ1) is 8.74. The number of nitrogens with two attached hydrogens (primary N) is 1. The summed E-state index contributed by atoms with van der Waals surface area (Å²) in [4.78, 5) is 1.14. The Morgan fingerprint density at radius 2 is 2.06 bits per heavy atom. The summed E-state index contributed by atoms with van der Waals surface area (Å²) < 4.78 is 4.01. The molecule has 1 aromatic carbocycles. The molecule has 1 aromatic heterocycles. The molecule has 0 spiro atoms. The normalized spacial score (nSPS) is 12.6. The summed E-state index contributed by atoms with van der Waals surface area (Å²) >= 11 is 1.43. The van der Waals surface area contributed by atoms with E-state index in [9.17, 15) is 0 Å². The summed E-state index contributed by atoms with van der Waals surface area (Å²) in [6.45, 7) is 4.17. The molecule has 3 N–H and O–H groups in total. The maximum atomic E-state index is 5.67. The molecule has 0 amide bonds. The van der Waals surface area contributed by atoms with E-state index in [0.29, 0.717) is 0 Å². The minimum absolute atomic E-state index is 0.0858. The molecule has 0 aliphatic carbocycles. The summed E-state index contributed by atoms with van der Waals surface area (Å²) in [5.74, 6) is 5.67. The van der Waals surface area contributed by atoms with Gasteiger partial charge in [-0.05, 0) is 36.9 Å². The van der Waals surface area contributed by atoms with E-state index in [1.165, 1.54) is 22.7 Å². The van der Waals surface area contributed by atoms with Gasteiger partial charge in [0, 0.05) is 0 Å². The summed E-state index contributed by atoms with van der Waals surface area (Å²) in [7, 11) is 0. The molecule has 0 bridgehead atoms. The van der Waals surface area contributed by atoms with Crippen molar-refractivity contribution in [1.82, 2.24) is 15.0 Å². The molecule has 2 aromatic rings. The molecule has 2 rings (SSSR count). The highest BCUT2D eigenvalue weighted by Crippen LogP contribution is 2.24. The van der Waals surface area contributed by atoms with Crippen LogP contribution in [0.4, 0.5) is 0 Å². The van der Waals surface area contributed by atoms with Crippen LogP contribution in [0.25, 0.3) is 0 Å². The maximum absolute atomic E-state index is 5.67. The van der Waals surface area contributed by atoms with Gasteiger partial charge in [-0.25, -0.2) is 0 Å². The van der Waals surface area contributed by atoms with E-state index < -0.39 is 0 Å². The fourth-order valence-corrected chi connectivity index (χ4v) is 2.71. The zero-order valence-electron chi connectivity index (χ0n) is 10.7. The van der Waals surface area contributed by atoms with E-state index in [4.69, 9.17) is 5.84 Å². The van der Waals surface area contributed by atoms with Crippen LogP contribution in [0.5, 0.6) is 0 Å². The van der Waals surface area contributed by atoms with Crippen molar-refractivity contribution in [2.45, 2.75) is 32.7 Å². The van der Waals surface area contributed by atoms with Gasteiger partial charge >= 0.3 is 0 Å². The van der Waals surface area contributed by atoms with Crippen LogP contribution >= 0.6 is 11.5 Å². The fraction of sp³-hybridized carbons (Fsp3) is 0.385. The Balaban J connectivity index is 2.17. The van der Waals surface area contributed by atoms with Gasteiger partial charge in [0.25, 0.3) is 0 Å². The molecule has 0 radical (unpaired) electrons. The predicted octanol–water partition coefficient (Wildman–Crippen LogP) is 2.16. The van der Waals surface area contributed by atoms with Crippen LogP contribution < -0.4 is 11.3 Å². The number of hydrogen-bond acceptors (Lipinski definition) is 5. The van der Waals surface area contributed by atoms with Crippen molar-refractivity contribution in [2.24, 2.45) is 5.84 Å². The third-order valence-corrected chi connectivity index (χ3v) is 3.88. The Kier molecular flexibility index (Phi) is 4.41. The molecule has 0 aliphatic heterocycles. The number of benzene rings is 1. The quantitative estimate of drug-likeness (QED) is 0.640. The first kappa shape index (κ1) is 13.1. The van der Waals surface area contributed by atoms with Crippen molar-refractivity contribution in [3.63, 3.8) is 0 Å². The highest BCUT2D eigenvalue weighted by molar-refractivity contribution is 7.05. The van der Waals surface area contributed by atoms with Gasteiger partial charge in [0.15, 0.2) is 0 Å². The number of rotatable bonds is 5. The SMILES string of the molecule is CCc1nnsc1C(Cc1ccc(C)cc1)NN. The van der Waals surface area contributed by atoms with Gasteiger partial charge in [0.05, 0.1) is 16.6 Å². The topological polar surface area (TPSA) is 63.8 Å².